The van der Waals surface area contributed by atoms with Crippen LogP contribution in [0.15, 0.2) is 0 Å². The Bertz CT molecular complexity index is 400. The monoisotopic (exact) mass is 312 g/mol. The lowest BCUT2D eigenvalue weighted by Crippen LogP contribution is -2.67. The first-order chi connectivity index (χ1) is 9.84. The van der Waals surface area contributed by atoms with Crippen LogP contribution in [0.5, 0.6) is 0 Å². The summed E-state index contributed by atoms with van der Waals surface area (Å²) in [5.41, 5.74) is -0.244. The highest BCUT2D eigenvalue weighted by atomic mass is 32.2. The first-order valence-electron chi connectivity index (χ1n) is 8.03. The van der Waals surface area contributed by atoms with Crippen molar-refractivity contribution < 1.29 is 9.59 Å². The summed E-state index contributed by atoms with van der Waals surface area (Å²) in [6.45, 7) is 8.77. The molecule has 2 amide bonds. The fourth-order valence-electron chi connectivity index (χ4n) is 3.18. The molecule has 120 valence electrons. The van der Waals surface area contributed by atoms with E-state index in [9.17, 15) is 9.59 Å². The maximum Gasteiger partial charge on any atom is 0.246 e. The third-order valence-electron chi connectivity index (χ3n) is 4.54. The molecule has 0 saturated carbocycles. The van der Waals surface area contributed by atoms with Crippen LogP contribution in [-0.2, 0) is 9.59 Å². The maximum atomic E-state index is 12.9. The maximum absolute atomic E-state index is 12.9. The van der Waals surface area contributed by atoms with Crippen molar-refractivity contribution in [1.29, 1.82) is 0 Å². The van der Waals surface area contributed by atoms with Gasteiger partial charge in [-0.25, -0.2) is 0 Å². The second-order valence-corrected chi connectivity index (χ2v) is 8.50. The van der Waals surface area contributed by atoms with Gasteiger partial charge < -0.3 is 10.2 Å². The van der Waals surface area contributed by atoms with E-state index in [2.05, 4.69) is 5.32 Å². The molecular formula is C16H28N2O2S. The number of nitrogens with zero attached hydrogens (tertiary/aromatic N) is 1. The van der Waals surface area contributed by atoms with Crippen LogP contribution in [0.3, 0.4) is 0 Å². The number of hydrogen-bond donors (Lipinski definition) is 1. The molecule has 0 bridgehead atoms. The van der Waals surface area contributed by atoms with Gasteiger partial charge in [0.05, 0.1) is 0 Å². The summed E-state index contributed by atoms with van der Waals surface area (Å²) in [6, 6.07) is -0.684. The Hall–Kier alpha value is -0.710. The SMILES string of the molecule is CCC1C(=O)NC(C(C)(C)C)C(=O)N1CC1CCSCC1. The Morgan fingerprint density at radius 3 is 2.38 bits per heavy atom. The van der Waals surface area contributed by atoms with E-state index in [1.54, 1.807) is 0 Å². The van der Waals surface area contributed by atoms with Crippen LogP contribution < -0.4 is 5.32 Å². The number of hydrogen-bond acceptors (Lipinski definition) is 3. The van der Waals surface area contributed by atoms with E-state index >= 15 is 0 Å². The number of thioether (sulfide) groups is 1. The van der Waals surface area contributed by atoms with E-state index in [1.807, 2.05) is 44.4 Å². The lowest BCUT2D eigenvalue weighted by Gasteiger charge is -2.44. The topological polar surface area (TPSA) is 49.4 Å². The molecule has 1 N–H and O–H groups in total. The predicted molar refractivity (Wildman–Crippen MR) is 87.2 cm³/mol. The summed E-state index contributed by atoms with van der Waals surface area (Å²) < 4.78 is 0. The molecule has 4 nitrogen and oxygen atoms in total. The number of piperazine rings is 1. The van der Waals surface area contributed by atoms with E-state index in [0.29, 0.717) is 12.3 Å². The average Bonchev–Trinajstić information content (AvgIpc) is 2.42. The van der Waals surface area contributed by atoms with Crippen molar-refractivity contribution in [2.75, 3.05) is 18.1 Å². The van der Waals surface area contributed by atoms with Crippen LogP contribution in [0.1, 0.15) is 47.0 Å². The number of carbonyl (C=O) groups is 2. The molecule has 2 fully saturated rings. The average molecular weight is 312 g/mol. The zero-order valence-corrected chi connectivity index (χ0v) is 14.5. The van der Waals surface area contributed by atoms with Gasteiger partial charge in [0, 0.05) is 6.54 Å². The molecule has 2 unspecified atom stereocenters. The van der Waals surface area contributed by atoms with Crippen molar-refractivity contribution in [3.63, 3.8) is 0 Å². The fraction of sp³-hybridized carbons (Fsp3) is 0.875. The van der Waals surface area contributed by atoms with E-state index in [-0.39, 0.29) is 23.3 Å². The van der Waals surface area contributed by atoms with Crippen molar-refractivity contribution in [3.05, 3.63) is 0 Å². The van der Waals surface area contributed by atoms with Crippen LogP contribution in [-0.4, -0.2) is 46.8 Å². The second-order valence-electron chi connectivity index (χ2n) is 7.28. The molecule has 2 saturated heterocycles. The summed E-state index contributed by atoms with van der Waals surface area (Å²) in [6.07, 6.45) is 3.01. The van der Waals surface area contributed by atoms with E-state index in [1.165, 1.54) is 11.5 Å². The van der Waals surface area contributed by atoms with Gasteiger partial charge in [0.1, 0.15) is 12.1 Å². The van der Waals surface area contributed by atoms with Gasteiger partial charge in [-0.05, 0) is 42.1 Å². The molecule has 2 rings (SSSR count). The summed E-state index contributed by atoms with van der Waals surface area (Å²) in [7, 11) is 0. The van der Waals surface area contributed by atoms with Crippen LogP contribution in [0.25, 0.3) is 0 Å². The largest absolute Gasteiger partial charge is 0.342 e. The van der Waals surface area contributed by atoms with Gasteiger partial charge in [0.2, 0.25) is 11.8 Å². The number of carbonyl (C=O) groups excluding carboxylic acids is 2. The van der Waals surface area contributed by atoms with Gasteiger partial charge in [0.25, 0.3) is 0 Å². The molecule has 2 aliphatic rings. The minimum absolute atomic E-state index is 0.0159. The summed E-state index contributed by atoms with van der Waals surface area (Å²) >= 11 is 1.99. The minimum atomic E-state index is -0.397. The van der Waals surface area contributed by atoms with Crippen molar-refractivity contribution in [2.45, 2.75) is 59.0 Å². The first-order valence-corrected chi connectivity index (χ1v) is 9.18. The Morgan fingerprint density at radius 1 is 1.24 bits per heavy atom. The van der Waals surface area contributed by atoms with Crippen molar-refractivity contribution in [2.24, 2.45) is 11.3 Å². The molecule has 0 aliphatic carbocycles. The highest BCUT2D eigenvalue weighted by Gasteiger charge is 2.44. The highest BCUT2D eigenvalue weighted by Crippen LogP contribution is 2.29. The molecular weight excluding hydrogens is 284 g/mol. The van der Waals surface area contributed by atoms with Gasteiger partial charge in [-0.3, -0.25) is 9.59 Å². The molecule has 5 heteroatoms. The van der Waals surface area contributed by atoms with Crippen molar-refractivity contribution in [1.82, 2.24) is 10.2 Å². The lowest BCUT2D eigenvalue weighted by atomic mass is 9.83. The van der Waals surface area contributed by atoms with Gasteiger partial charge in [-0.1, -0.05) is 27.7 Å². The third kappa shape index (κ3) is 3.74. The summed E-state index contributed by atoms with van der Waals surface area (Å²) in [5, 5.41) is 2.94. The zero-order chi connectivity index (χ0) is 15.6. The van der Waals surface area contributed by atoms with Crippen LogP contribution >= 0.6 is 11.8 Å². The normalized spacial score (nSPS) is 28.7. The van der Waals surface area contributed by atoms with Crippen LogP contribution in [0, 0.1) is 11.3 Å². The zero-order valence-electron chi connectivity index (χ0n) is 13.6. The number of amides is 2. The molecule has 2 atom stereocenters. The highest BCUT2D eigenvalue weighted by molar-refractivity contribution is 7.99. The van der Waals surface area contributed by atoms with E-state index in [4.69, 9.17) is 0 Å². The standard InChI is InChI=1S/C16H28N2O2S/c1-5-12-14(19)17-13(16(2,3)4)15(20)18(12)10-11-6-8-21-9-7-11/h11-13H,5-10H2,1-4H3,(H,17,19). The molecule has 2 heterocycles. The fourth-order valence-corrected chi connectivity index (χ4v) is 4.38. The van der Waals surface area contributed by atoms with Gasteiger partial charge in [-0.15, -0.1) is 0 Å². The van der Waals surface area contributed by atoms with Crippen LogP contribution in [0.4, 0.5) is 0 Å². The Balaban J connectivity index is 2.16. The second kappa shape index (κ2) is 6.59. The third-order valence-corrected chi connectivity index (χ3v) is 5.59. The smallest absolute Gasteiger partial charge is 0.246 e. The molecule has 0 aromatic heterocycles. The van der Waals surface area contributed by atoms with E-state index < -0.39 is 6.04 Å². The van der Waals surface area contributed by atoms with Gasteiger partial charge in [0.15, 0.2) is 0 Å². The van der Waals surface area contributed by atoms with Crippen molar-refractivity contribution in [3.8, 4) is 0 Å². The Morgan fingerprint density at radius 2 is 1.86 bits per heavy atom. The quantitative estimate of drug-likeness (QED) is 0.870. The number of rotatable bonds is 3. The lowest BCUT2D eigenvalue weighted by molar-refractivity contribution is -0.153. The first kappa shape index (κ1) is 16.7. The molecule has 0 aromatic carbocycles. The molecule has 2 aliphatic heterocycles. The Kier molecular flexibility index (Phi) is 5.23. The van der Waals surface area contributed by atoms with E-state index in [0.717, 1.165) is 19.4 Å². The minimum Gasteiger partial charge on any atom is -0.342 e. The molecule has 21 heavy (non-hydrogen) atoms. The van der Waals surface area contributed by atoms with Gasteiger partial charge >= 0.3 is 0 Å². The number of nitrogens with one attached hydrogen (secondary N) is 1. The van der Waals surface area contributed by atoms with Gasteiger partial charge in [-0.2, -0.15) is 11.8 Å². The van der Waals surface area contributed by atoms with Crippen LogP contribution in [0.2, 0.25) is 0 Å². The summed E-state index contributed by atoms with van der Waals surface area (Å²) in [5.74, 6) is 3.03. The Labute approximate surface area is 132 Å². The summed E-state index contributed by atoms with van der Waals surface area (Å²) in [4.78, 5) is 27.1. The molecule has 0 spiro atoms. The molecule has 0 radical (unpaired) electrons. The molecule has 0 aromatic rings. The van der Waals surface area contributed by atoms with Crippen molar-refractivity contribution >= 4 is 23.6 Å². The predicted octanol–water partition coefficient (Wildman–Crippen LogP) is 2.28.